The second kappa shape index (κ2) is 9.39. The number of carbonyl (C=O) groups is 3. The van der Waals surface area contributed by atoms with Crippen LogP contribution in [0.5, 0.6) is 0 Å². The van der Waals surface area contributed by atoms with E-state index in [4.69, 9.17) is 4.74 Å². The number of nitrogens with zero attached hydrogens (tertiary/aromatic N) is 1. The summed E-state index contributed by atoms with van der Waals surface area (Å²) < 4.78 is 5.23. The summed E-state index contributed by atoms with van der Waals surface area (Å²) in [6.07, 6.45) is 4.13. The molecule has 31 heavy (non-hydrogen) atoms. The van der Waals surface area contributed by atoms with E-state index in [9.17, 15) is 14.4 Å². The SMILES string of the molecule is CCC(C)(C)C1CCC2(CC1)NC(=O)N(CC(=O)N[C@H](COC)c1ccccc1)C2=O. The molecule has 2 aliphatic rings. The Bertz CT molecular complexity index is 800. The standard InChI is InChI=1S/C24H35N3O4/c1-5-23(2,3)18-11-13-24(14-12-18)21(29)27(22(30)26-24)15-20(28)25-19(16-31-4)17-9-7-6-8-10-17/h6-10,18-19H,5,11-16H2,1-4H3,(H,25,28)(H,26,30)/t18?,19-,24?/m1/s1. The van der Waals surface area contributed by atoms with Crippen molar-refractivity contribution in [3.05, 3.63) is 35.9 Å². The Kier molecular flexibility index (Phi) is 7.04. The molecule has 7 nitrogen and oxygen atoms in total. The van der Waals surface area contributed by atoms with Gasteiger partial charge >= 0.3 is 6.03 Å². The average molecular weight is 430 g/mol. The van der Waals surface area contributed by atoms with Gasteiger partial charge in [-0.2, -0.15) is 0 Å². The second-order valence-corrected chi connectivity index (χ2v) is 9.51. The lowest BCUT2D eigenvalue weighted by Gasteiger charge is -2.42. The third-order valence-electron chi connectivity index (χ3n) is 7.27. The first kappa shape index (κ1) is 23.3. The van der Waals surface area contributed by atoms with Crippen LogP contribution in [-0.4, -0.2) is 48.5 Å². The number of benzene rings is 1. The summed E-state index contributed by atoms with van der Waals surface area (Å²) >= 11 is 0. The highest BCUT2D eigenvalue weighted by atomic mass is 16.5. The van der Waals surface area contributed by atoms with Crippen LogP contribution in [0.2, 0.25) is 0 Å². The van der Waals surface area contributed by atoms with E-state index in [1.807, 2.05) is 30.3 Å². The molecule has 0 bridgehead atoms. The molecule has 1 saturated carbocycles. The van der Waals surface area contributed by atoms with Crippen molar-refractivity contribution in [3.8, 4) is 0 Å². The number of imide groups is 1. The summed E-state index contributed by atoms with van der Waals surface area (Å²) in [6.45, 7) is 6.74. The monoisotopic (exact) mass is 429 g/mol. The number of urea groups is 1. The van der Waals surface area contributed by atoms with E-state index >= 15 is 0 Å². The first-order valence-corrected chi connectivity index (χ1v) is 11.2. The van der Waals surface area contributed by atoms with E-state index in [-0.39, 0.29) is 29.8 Å². The van der Waals surface area contributed by atoms with Crippen LogP contribution in [0.1, 0.15) is 64.5 Å². The molecule has 0 radical (unpaired) electrons. The fourth-order valence-corrected chi connectivity index (χ4v) is 4.80. The van der Waals surface area contributed by atoms with Gasteiger partial charge in [-0.3, -0.25) is 14.5 Å². The van der Waals surface area contributed by atoms with Crippen LogP contribution >= 0.6 is 0 Å². The van der Waals surface area contributed by atoms with Crippen molar-refractivity contribution in [1.82, 2.24) is 15.5 Å². The first-order chi connectivity index (χ1) is 14.7. The summed E-state index contributed by atoms with van der Waals surface area (Å²) in [6, 6.07) is 8.67. The van der Waals surface area contributed by atoms with Gasteiger partial charge in [0.1, 0.15) is 12.1 Å². The van der Waals surface area contributed by atoms with Crippen LogP contribution in [0, 0.1) is 11.3 Å². The number of methoxy groups -OCH3 is 1. The molecule has 1 aromatic rings. The van der Waals surface area contributed by atoms with Gasteiger partial charge in [0.2, 0.25) is 5.91 Å². The van der Waals surface area contributed by atoms with Gasteiger partial charge in [-0.1, -0.05) is 57.5 Å². The predicted octanol–water partition coefficient (Wildman–Crippen LogP) is 3.41. The van der Waals surface area contributed by atoms with E-state index < -0.39 is 11.6 Å². The number of amides is 4. The van der Waals surface area contributed by atoms with Gasteiger partial charge in [0.25, 0.3) is 5.91 Å². The molecule has 1 aliphatic heterocycles. The van der Waals surface area contributed by atoms with Crippen LogP contribution in [0.4, 0.5) is 4.79 Å². The van der Waals surface area contributed by atoms with Crippen LogP contribution in [0.3, 0.4) is 0 Å². The van der Waals surface area contributed by atoms with Crippen molar-refractivity contribution >= 4 is 17.8 Å². The number of rotatable bonds is 8. The third-order valence-corrected chi connectivity index (χ3v) is 7.27. The van der Waals surface area contributed by atoms with Crippen molar-refractivity contribution in [2.75, 3.05) is 20.3 Å². The highest BCUT2D eigenvalue weighted by Gasteiger charge is 2.53. The number of nitrogens with one attached hydrogen (secondary N) is 2. The van der Waals surface area contributed by atoms with E-state index in [0.717, 1.165) is 29.7 Å². The van der Waals surface area contributed by atoms with Crippen LogP contribution in [-0.2, 0) is 14.3 Å². The summed E-state index contributed by atoms with van der Waals surface area (Å²) in [4.78, 5) is 39.5. The maximum Gasteiger partial charge on any atom is 0.325 e. The van der Waals surface area contributed by atoms with E-state index in [1.165, 1.54) is 0 Å². The first-order valence-electron chi connectivity index (χ1n) is 11.2. The normalized spacial score (nSPS) is 24.9. The van der Waals surface area contributed by atoms with Crippen LogP contribution < -0.4 is 10.6 Å². The number of hydrogen-bond donors (Lipinski definition) is 2. The van der Waals surface area contributed by atoms with Gasteiger partial charge in [0.15, 0.2) is 0 Å². The molecule has 1 aliphatic carbocycles. The van der Waals surface area contributed by atoms with E-state index in [2.05, 4.69) is 31.4 Å². The molecule has 1 atom stereocenters. The molecule has 0 unspecified atom stereocenters. The molecule has 2 fully saturated rings. The lowest BCUT2D eigenvalue weighted by atomic mass is 9.65. The van der Waals surface area contributed by atoms with Gasteiger partial charge in [-0.15, -0.1) is 0 Å². The zero-order chi connectivity index (χ0) is 22.6. The molecule has 2 N–H and O–H groups in total. The molecule has 1 heterocycles. The molecule has 1 aromatic carbocycles. The molecule has 3 rings (SSSR count). The Morgan fingerprint density at radius 1 is 1.26 bits per heavy atom. The van der Waals surface area contributed by atoms with Gasteiger partial charge < -0.3 is 15.4 Å². The predicted molar refractivity (Wildman–Crippen MR) is 118 cm³/mol. The topological polar surface area (TPSA) is 87.7 Å². The van der Waals surface area contributed by atoms with Crippen molar-refractivity contribution in [2.45, 2.75) is 64.5 Å². The smallest absolute Gasteiger partial charge is 0.325 e. The minimum Gasteiger partial charge on any atom is -0.382 e. The van der Waals surface area contributed by atoms with Crippen LogP contribution in [0.25, 0.3) is 0 Å². The molecule has 1 saturated heterocycles. The van der Waals surface area contributed by atoms with E-state index in [1.54, 1.807) is 7.11 Å². The van der Waals surface area contributed by atoms with Crippen molar-refractivity contribution in [1.29, 1.82) is 0 Å². The highest BCUT2D eigenvalue weighted by molar-refractivity contribution is 6.09. The Labute approximate surface area is 184 Å². The largest absolute Gasteiger partial charge is 0.382 e. The molecular weight excluding hydrogens is 394 g/mol. The Morgan fingerprint density at radius 3 is 2.48 bits per heavy atom. The van der Waals surface area contributed by atoms with Crippen molar-refractivity contribution < 1.29 is 19.1 Å². The van der Waals surface area contributed by atoms with Gasteiger partial charge in [-0.25, -0.2) is 4.79 Å². The average Bonchev–Trinajstić information content (AvgIpc) is 2.98. The Balaban J connectivity index is 1.63. The lowest BCUT2D eigenvalue weighted by Crippen LogP contribution is -2.51. The maximum atomic E-state index is 13.2. The van der Waals surface area contributed by atoms with Crippen molar-refractivity contribution in [2.24, 2.45) is 11.3 Å². The number of ether oxygens (including phenoxy) is 1. The summed E-state index contributed by atoms with van der Waals surface area (Å²) in [5.41, 5.74) is 0.271. The molecule has 1 spiro atoms. The molecule has 0 aromatic heterocycles. The molecule has 4 amide bonds. The summed E-state index contributed by atoms with van der Waals surface area (Å²) in [5.74, 6) is -0.124. The fraction of sp³-hybridized carbons (Fsp3) is 0.625. The fourth-order valence-electron chi connectivity index (χ4n) is 4.80. The zero-order valence-corrected chi connectivity index (χ0v) is 19.1. The Morgan fingerprint density at radius 2 is 1.90 bits per heavy atom. The summed E-state index contributed by atoms with van der Waals surface area (Å²) in [7, 11) is 1.57. The maximum absolute atomic E-state index is 13.2. The Hall–Kier alpha value is -2.41. The van der Waals surface area contributed by atoms with Crippen LogP contribution in [0.15, 0.2) is 30.3 Å². The lowest BCUT2D eigenvalue weighted by molar-refractivity contribution is -0.136. The molecular formula is C24H35N3O4. The number of hydrogen-bond acceptors (Lipinski definition) is 4. The third kappa shape index (κ3) is 4.92. The number of carbonyl (C=O) groups excluding carboxylic acids is 3. The van der Waals surface area contributed by atoms with Gasteiger partial charge in [0, 0.05) is 7.11 Å². The van der Waals surface area contributed by atoms with Crippen molar-refractivity contribution in [3.63, 3.8) is 0 Å². The summed E-state index contributed by atoms with van der Waals surface area (Å²) in [5, 5.41) is 5.80. The molecule has 7 heteroatoms. The minimum absolute atomic E-state index is 0.223. The highest BCUT2D eigenvalue weighted by Crippen LogP contribution is 2.45. The van der Waals surface area contributed by atoms with Gasteiger partial charge in [0.05, 0.1) is 12.6 Å². The van der Waals surface area contributed by atoms with E-state index in [0.29, 0.717) is 25.4 Å². The quantitative estimate of drug-likeness (QED) is 0.620. The minimum atomic E-state index is -0.858. The zero-order valence-electron chi connectivity index (χ0n) is 19.1. The van der Waals surface area contributed by atoms with Gasteiger partial charge in [-0.05, 0) is 42.6 Å². The molecule has 170 valence electrons. The second-order valence-electron chi connectivity index (χ2n) is 9.51.